The van der Waals surface area contributed by atoms with Crippen molar-refractivity contribution in [1.82, 2.24) is 17.5 Å². The van der Waals surface area contributed by atoms with Gasteiger partial charge in [0.15, 0.2) is 0 Å². The van der Waals surface area contributed by atoms with Gasteiger partial charge in [0, 0.05) is 71.0 Å². The minimum absolute atomic E-state index is 1.10. The largest absolute Gasteiger partial charge is 0.172 e. The maximum atomic E-state index is 5.31. The molecule has 11 heterocycles. The number of nitrogens with zero attached hydrogens (tertiary/aromatic N) is 4. The number of hydrogen-bond acceptors (Lipinski definition) is 12. The Hall–Kier alpha value is -3.07. The van der Waals surface area contributed by atoms with E-state index in [0.717, 1.165) is 22.1 Å². The van der Waals surface area contributed by atoms with Gasteiger partial charge in [-0.3, -0.25) is 0 Å². The summed E-state index contributed by atoms with van der Waals surface area (Å²) in [5.74, 6) is 0. The summed E-state index contributed by atoms with van der Waals surface area (Å²) in [6.07, 6.45) is 48.9. The summed E-state index contributed by atoms with van der Waals surface area (Å²) >= 11 is 15.2. The maximum absolute atomic E-state index is 5.31. The van der Waals surface area contributed by atoms with Crippen LogP contribution in [0.25, 0.3) is 93.1 Å². The van der Waals surface area contributed by atoms with E-state index in [9.17, 15) is 0 Å². The average Bonchev–Trinajstić information content (AvgIpc) is 1.56. The molecule has 0 fully saturated rings. The van der Waals surface area contributed by atoms with Gasteiger partial charge in [0.1, 0.15) is 46.3 Å². The Kier molecular flexibility index (Phi) is 26.8. The number of thiophene rings is 6. The fourth-order valence-electron chi connectivity index (χ4n) is 18.1. The van der Waals surface area contributed by atoms with Gasteiger partial charge in [-0.1, -0.05) is 309 Å². The van der Waals surface area contributed by atoms with Crippen LogP contribution in [-0.4, -0.2) is 41.7 Å². The lowest BCUT2D eigenvalue weighted by Crippen LogP contribution is -2.54. The molecule has 530 valence electrons. The molecular weight excluding hydrogens is 1410 g/mol. The van der Waals surface area contributed by atoms with Crippen molar-refractivity contribution in [3.8, 4) is 71.0 Å². The molecule has 13 rings (SSSR count). The smallest absolute Gasteiger partial charge is 0.122 e. The monoisotopic (exact) mass is 1520 g/mol. The summed E-state index contributed by atoms with van der Waals surface area (Å²) in [4.78, 5) is 15.2. The predicted octanol–water partition coefficient (Wildman–Crippen LogP) is 27.5. The van der Waals surface area contributed by atoms with Gasteiger partial charge >= 0.3 is 0 Å². The van der Waals surface area contributed by atoms with Gasteiger partial charge in [0.25, 0.3) is 0 Å². The molecule has 0 amide bonds. The van der Waals surface area contributed by atoms with E-state index in [1.165, 1.54) is 333 Å². The highest BCUT2D eigenvalue weighted by atomic mass is 32.1. The lowest BCUT2D eigenvalue weighted by molar-refractivity contribution is 0.616. The first-order valence-electron chi connectivity index (χ1n) is 40.1. The molecule has 0 spiro atoms. The number of fused-ring (bicyclic) bond motifs is 11. The van der Waals surface area contributed by atoms with Crippen molar-refractivity contribution in [2.75, 3.05) is 0 Å². The topological polar surface area (TPSA) is 51.6 Å². The Morgan fingerprint density at radius 3 is 0.697 bits per heavy atom. The molecule has 0 saturated carbocycles. The second-order valence-corrected chi connectivity index (χ2v) is 50.2. The third kappa shape index (κ3) is 15.6. The third-order valence-corrected chi connectivity index (χ3v) is 48.6. The fourth-order valence-corrected chi connectivity index (χ4v) is 47.2. The van der Waals surface area contributed by atoms with E-state index in [2.05, 4.69) is 158 Å². The Balaban J connectivity index is 0.851. The summed E-state index contributed by atoms with van der Waals surface area (Å²) in [6, 6.07) is 34.3. The molecule has 4 nitrogen and oxygen atoms in total. The zero-order valence-electron chi connectivity index (χ0n) is 61.2. The second-order valence-electron chi connectivity index (χ2n) is 30.3. The average molecular weight is 1520 g/mol. The summed E-state index contributed by atoms with van der Waals surface area (Å²) < 4.78 is 21.2. The molecule has 0 aliphatic carbocycles. The highest BCUT2D eigenvalue weighted by Crippen LogP contribution is 2.52. The van der Waals surface area contributed by atoms with Crippen molar-refractivity contribution in [3.63, 3.8) is 0 Å². The van der Waals surface area contributed by atoms with E-state index in [-0.39, 0.29) is 0 Å². The molecule has 0 atom stereocenters. The Morgan fingerprint density at radius 2 is 0.455 bits per heavy atom. The van der Waals surface area contributed by atoms with Gasteiger partial charge in [-0.15, -0.1) is 68.0 Å². The van der Waals surface area contributed by atoms with Crippen LogP contribution < -0.4 is 31.1 Å². The zero-order valence-corrected chi connectivity index (χ0v) is 70.7. The van der Waals surface area contributed by atoms with Gasteiger partial charge in [0.05, 0.1) is 23.5 Å². The van der Waals surface area contributed by atoms with Gasteiger partial charge in [-0.05, 0) is 102 Å². The van der Waals surface area contributed by atoms with Crippen molar-refractivity contribution < 1.29 is 0 Å². The molecule has 15 heteroatoms. The van der Waals surface area contributed by atoms with E-state index in [1.807, 2.05) is 22.7 Å². The van der Waals surface area contributed by atoms with E-state index in [1.54, 1.807) is 60.4 Å². The van der Waals surface area contributed by atoms with E-state index in [0.29, 0.717) is 0 Å². The first kappa shape index (κ1) is 74.2. The molecule has 99 heavy (non-hydrogen) atoms. The first-order valence-corrected chi connectivity index (χ1v) is 53.9. The molecule has 0 N–H and O–H groups in total. The van der Waals surface area contributed by atoms with Crippen LogP contribution in [-0.2, 0) is 0 Å². The summed E-state index contributed by atoms with van der Waals surface area (Å²) in [5.41, 5.74) is 9.57. The molecule has 3 aliphatic heterocycles. The zero-order chi connectivity index (χ0) is 68.0. The van der Waals surface area contributed by atoms with Crippen molar-refractivity contribution in [2.24, 2.45) is 0 Å². The standard InChI is InChI=1S/C84H114N4S8Si3/c1-7-13-19-25-31-37-51-97(52-38-32-26-20-14-8-2)69-47-49-89-79(69)81-71(97)57-65(91-81)61-43-45-63(77-75(61)85-95-87-77)67-59-73-83(93-67)84-74(99(73,55-41-35-29-23-17-11-5)56-42-36-30-24-18-12-6)60-68(94-84)64-46-44-62(76-78(64)88-96-86-76)66-58-72-82(92-66)80-70(48-50-90-80)98(72,53-39-33-27-21-15-9-3)54-40-34-28-22-16-10-4/h43-50,57-60H,7-42,51-56H2,1-6H3. The van der Waals surface area contributed by atoms with Crippen LogP contribution in [0.2, 0.25) is 36.3 Å². The Morgan fingerprint density at radius 1 is 0.242 bits per heavy atom. The number of unbranched alkanes of at least 4 members (excludes halogenated alkanes) is 30. The highest BCUT2D eigenvalue weighted by molar-refractivity contribution is 7.33. The molecule has 2 aromatic carbocycles. The van der Waals surface area contributed by atoms with Crippen LogP contribution >= 0.6 is 91.5 Å². The van der Waals surface area contributed by atoms with Crippen LogP contribution in [0.5, 0.6) is 0 Å². The van der Waals surface area contributed by atoms with Gasteiger partial charge in [-0.25, -0.2) is 0 Å². The molecule has 8 aromatic heterocycles. The molecule has 0 unspecified atom stereocenters. The quantitative estimate of drug-likeness (QED) is 0.0282. The normalized spacial score (nSPS) is 14.5. The number of aromatic nitrogens is 4. The number of hydrogen-bond donors (Lipinski definition) is 0. The number of rotatable bonds is 46. The predicted molar refractivity (Wildman–Crippen MR) is 458 cm³/mol. The SMILES string of the molecule is CCCCCCCC[Si]1(CCCCCCCC)c2ccsc2-c2sc(-c3ccc(-c4cc5c(s4)-c4sc(-c6ccc(-c7cc8c(s7)-c7sccc7[Si]8(CCCCCCCC)CCCCCCCC)c7nsnc67)cc4[Si]5(CCCCCCCC)CCCCCCCC)c4nsnc34)cc21. The molecular formula is C84H114N4S8Si3. The molecule has 0 bridgehead atoms. The summed E-state index contributed by atoms with van der Waals surface area (Å²) in [5, 5.41) is 15.4. The van der Waals surface area contributed by atoms with Crippen LogP contribution in [0.3, 0.4) is 0 Å². The Labute approximate surface area is 631 Å². The van der Waals surface area contributed by atoms with Gasteiger partial charge in [-0.2, -0.15) is 17.5 Å². The second kappa shape index (κ2) is 35.8. The summed E-state index contributed by atoms with van der Waals surface area (Å²) in [7, 11) is -6.15. The van der Waals surface area contributed by atoms with Gasteiger partial charge < -0.3 is 0 Å². The highest BCUT2D eigenvalue weighted by Gasteiger charge is 2.50. The molecule has 3 aliphatic rings. The van der Waals surface area contributed by atoms with Crippen molar-refractivity contribution >= 4 is 169 Å². The molecule has 10 aromatic rings. The third-order valence-electron chi connectivity index (χ3n) is 23.6. The summed E-state index contributed by atoms with van der Waals surface area (Å²) in [6.45, 7) is 14.1. The lowest BCUT2D eigenvalue weighted by Gasteiger charge is -2.29. The lowest BCUT2D eigenvalue weighted by atomic mass is 10.1. The van der Waals surface area contributed by atoms with Crippen LogP contribution in [0, 0.1) is 0 Å². The molecule has 0 radical (unpaired) electrons. The van der Waals surface area contributed by atoms with E-state index < -0.39 is 24.2 Å². The van der Waals surface area contributed by atoms with Crippen LogP contribution in [0.4, 0.5) is 0 Å². The minimum atomic E-state index is -2.25. The van der Waals surface area contributed by atoms with Gasteiger partial charge in [0.2, 0.25) is 0 Å². The maximum Gasteiger partial charge on any atom is 0.122 e. The van der Waals surface area contributed by atoms with Crippen molar-refractivity contribution in [3.05, 3.63) is 71.4 Å². The number of benzene rings is 2. The van der Waals surface area contributed by atoms with Crippen LogP contribution in [0.15, 0.2) is 71.4 Å². The Bertz CT molecular complexity index is 3890. The fraction of sp³-hybridized carbons (Fsp3) is 0.571. The minimum Gasteiger partial charge on any atom is -0.172 e. The first-order chi connectivity index (χ1) is 48.9. The van der Waals surface area contributed by atoms with E-state index in [4.69, 9.17) is 17.5 Å². The van der Waals surface area contributed by atoms with E-state index >= 15 is 0 Å². The van der Waals surface area contributed by atoms with Crippen molar-refractivity contribution in [1.29, 1.82) is 0 Å². The van der Waals surface area contributed by atoms with Crippen LogP contribution in [0.1, 0.15) is 273 Å². The van der Waals surface area contributed by atoms with Crippen molar-refractivity contribution in [2.45, 2.75) is 309 Å². The molecule has 0 saturated heterocycles.